The summed E-state index contributed by atoms with van der Waals surface area (Å²) in [6.07, 6.45) is 0.596. The molecule has 0 aliphatic heterocycles. The number of aliphatic hydroxyl groups is 1. The number of hydrogen-bond donors (Lipinski definition) is 2. The van der Waals surface area contributed by atoms with Crippen LogP contribution in [0.15, 0.2) is 46.9 Å². The maximum absolute atomic E-state index is 12.5. The van der Waals surface area contributed by atoms with Crippen LogP contribution in [0.2, 0.25) is 0 Å². The first kappa shape index (κ1) is 16.1. The van der Waals surface area contributed by atoms with Gasteiger partial charge in [-0.2, -0.15) is 0 Å². The summed E-state index contributed by atoms with van der Waals surface area (Å²) in [5.41, 5.74) is 3.12. The summed E-state index contributed by atoms with van der Waals surface area (Å²) in [4.78, 5) is 12.5. The summed E-state index contributed by atoms with van der Waals surface area (Å²) in [7, 11) is 1.60. The molecule has 0 aliphatic rings. The third-order valence-corrected chi connectivity index (χ3v) is 3.96. The number of fused-ring (bicyclic) bond motifs is 1. The maximum atomic E-state index is 12.5. The number of aliphatic hydroxyl groups excluding tert-OH is 1. The smallest absolute Gasteiger partial charge is 0.291 e. The van der Waals surface area contributed by atoms with Crippen LogP contribution in [0.25, 0.3) is 11.0 Å². The molecule has 0 spiro atoms. The van der Waals surface area contributed by atoms with Gasteiger partial charge in [0.05, 0.1) is 7.11 Å². The quantitative estimate of drug-likeness (QED) is 0.753. The number of furan rings is 1. The average Bonchev–Trinajstić information content (AvgIpc) is 2.93. The first-order valence-corrected chi connectivity index (χ1v) is 7.70. The van der Waals surface area contributed by atoms with Crippen molar-refractivity contribution in [3.05, 3.63) is 59.4 Å². The van der Waals surface area contributed by atoms with E-state index in [2.05, 4.69) is 5.32 Å². The Kier molecular flexibility index (Phi) is 4.53. The van der Waals surface area contributed by atoms with Crippen LogP contribution in [-0.2, 0) is 6.42 Å². The predicted molar refractivity (Wildman–Crippen MR) is 92.7 cm³/mol. The molecule has 0 atom stereocenters. The van der Waals surface area contributed by atoms with Gasteiger partial charge in [-0.05, 0) is 49.2 Å². The molecule has 0 saturated carbocycles. The van der Waals surface area contributed by atoms with Gasteiger partial charge in [0.15, 0.2) is 5.76 Å². The zero-order chi connectivity index (χ0) is 17.1. The number of rotatable bonds is 5. The molecule has 24 heavy (non-hydrogen) atoms. The molecule has 2 N–H and O–H groups in total. The molecule has 0 bridgehead atoms. The van der Waals surface area contributed by atoms with Gasteiger partial charge < -0.3 is 19.6 Å². The van der Waals surface area contributed by atoms with Crippen molar-refractivity contribution in [2.45, 2.75) is 13.3 Å². The minimum Gasteiger partial charge on any atom is -0.497 e. The van der Waals surface area contributed by atoms with E-state index >= 15 is 0 Å². The van der Waals surface area contributed by atoms with Gasteiger partial charge in [-0.1, -0.05) is 12.1 Å². The SMILES string of the molecule is COc1ccc2oc(C(=O)Nc3ccc(CCO)cc3)c(C)c2c1. The molecule has 0 aliphatic carbocycles. The molecule has 0 radical (unpaired) electrons. The molecular formula is C19H19NO4. The first-order chi connectivity index (χ1) is 11.6. The molecule has 2 aromatic carbocycles. The number of carbonyl (C=O) groups is 1. The number of nitrogens with one attached hydrogen (secondary N) is 1. The summed E-state index contributed by atoms with van der Waals surface area (Å²) < 4.78 is 10.9. The maximum Gasteiger partial charge on any atom is 0.291 e. The zero-order valence-corrected chi connectivity index (χ0v) is 13.6. The fraction of sp³-hybridized carbons (Fsp3) is 0.211. The highest BCUT2D eigenvalue weighted by Gasteiger charge is 2.18. The normalized spacial score (nSPS) is 10.8. The lowest BCUT2D eigenvalue weighted by molar-refractivity contribution is 0.0998. The van der Waals surface area contributed by atoms with Crippen molar-refractivity contribution >= 4 is 22.6 Å². The minimum absolute atomic E-state index is 0.105. The van der Waals surface area contributed by atoms with E-state index in [-0.39, 0.29) is 18.3 Å². The fourth-order valence-electron chi connectivity index (χ4n) is 2.62. The largest absolute Gasteiger partial charge is 0.497 e. The van der Waals surface area contributed by atoms with Crippen LogP contribution in [0.5, 0.6) is 5.75 Å². The number of benzene rings is 2. The molecule has 124 valence electrons. The summed E-state index contributed by atoms with van der Waals surface area (Å²) in [5, 5.41) is 12.6. The number of amides is 1. The monoisotopic (exact) mass is 325 g/mol. The van der Waals surface area contributed by atoms with Crippen molar-refractivity contribution in [2.24, 2.45) is 0 Å². The van der Waals surface area contributed by atoms with E-state index in [4.69, 9.17) is 14.3 Å². The number of aryl methyl sites for hydroxylation is 1. The molecule has 3 aromatic rings. The Morgan fingerprint density at radius 2 is 1.96 bits per heavy atom. The van der Waals surface area contributed by atoms with Crippen LogP contribution < -0.4 is 10.1 Å². The molecule has 0 fully saturated rings. The summed E-state index contributed by atoms with van der Waals surface area (Å²) >= 11 is 0. The summed E-state index contributed by atoms with van der Waals surface area (Å²) in [6.45, 7) is 1.96. The Labute approximate surface area is 139 Å². The van der Waals surface area contributed by atoms with Crippen LogP contribution >= 0.6 is 0 Å². The Hall–Kier alpha value is -2.79. The van der Waals surface area contributed by atoms with E-state index in [0.717, 1.165) is 22.3 Å². The van der Waals surface area contributed by atoms with Gasteiger partial charge in [0, 0.05) is 23.2 Å². The van der Waals surface area contributed by atoms with Crippen molar-refractivity contribution in [3.63, 3.8) is 0 Å². The van der Waals surface area contributed by atoms with E-state index < -0.39 is 0 Å². The van der Waals surface area contributed by atoms with E-state index in [1.165, 1.54) is 0 Å². The molecule has 1 aromatic heterocycles. The molecular weight excluding hydrogens is 306 g/mol. The molecule has 5 heteroatoms. The highest BCUT2D eigenvalue weighted by Crippen LogP contribution is 2.29. The Morgan fingerprint density at radius 1 is 1.21 bits per heavy atom. The Balaban J connectivity index is 1.84. The third kappa shape index (κ3) is 3.12. The summed E-state index contributed by atoms with van der Waals surface area (Å²) in [5.74, 6) is 0.716. The van der Waals surface area contributed by atoms with Gasteiger partial charge in [-0.25, -0.2) is 0 Å². The first-order valence-electron chi connectivity index (χ1n) is 7.70. The molecule has 0 unspecified atom stereocenters. The van der Waals surface area contributed by atoms with Crippen molar-refractivity contribution < 1.29 is 19.1 Å². The number of methoxy groups -OCH3 is 1. The van der Waals surface area contributed by atoms with E-state index in [1.807, 2.05) is 37.3 Å². The van der Waals surface area contributed by atoms with Crippen LogP contribution in [0.1, 0.15) is 21.7 Å². The summed E-state index contributed by atoms with van der Waals surface area (Å²) in [6, 6.07) is 12.8. The van der Waals surface area contributed by atoms with Crippen LogP contribution in [0.4, 0.5) is 5.69 Å². The lowest BCUT2D eigenvalue weighted by Crippen LogP contribution is -2.12. The molecule has 1 heterocycles. The number of ether oxygens (including phenoxy) is 1. The van der Waals surface area contributed by atoms with Crippen molar-refractivity contribution in [1.82, 2.24) is 0 Å². The lowest BCUT2D eigenvalue weighted by Gasteiger charge is -2.05. The van der Waals surface area contributed by atoms with Gasteiger partial charge >= 0.3 is 0 Å². The zero-order valence-electron chi connectivity index (χ0n) is 13.6. The van der Waals surface area contributed by atoms with E-state index in [1.54, 1.807) is 19.2 Å². The topological polar surface area (TPSA) is 71.7 Å². The third-order valence-electron chi connectivity index (χ3n) is 3.96. The molecule has 3 rings (SSSR count). The molecule has 1 amide bonds. The Morgan fingerprint density at radius 3 is 2.62 bits per heavy atom. The highest BCUT2D eigenvalue weighted by molar-refractivity contribution is 6.06. The van der Waals surface area contributed by atoms with Gasteiger partial charge in [0.2, 0.25) is 0 Å². The number of carbonyl (C=O) groups excluding carboxylic acids is 1. The number of hydrogen-bond acceptors (Lipinski definition) is 4. The Bertz CT molecular complexity index is 865. The standard InChI is InChI=1S/C19H19NO4/c1-12-16-11-15(23-2)7-8-17(16)24-18(12)19(22)20-14-5-3-13(4-6-14)9-10-21/h3-8,11,21H,9-10H2,1-2H3,(H,20,22). The molecule has 0 saturated heterocycles. The lowest BCUT2D eigenvalue weighted by atomic mass is 10.1. The average molecular weight is 325 g/mol. The van der Waals surface area contributed by atoms with Crippen LogP contribution in [-0.4, -0.2) is 24.7 Å². The van der Waals surface area contributed by atoms with Gasteiger partial charge in [0.25, 0.3) is 5.91 Å². The van der Waals surface area contributed by atoms with Crippen molar-refractivity contribution in [1.29, 1.82) is 0 Å². The van der Waals surface area contributed by atoms with E-state index in [0.29, 0.717) is 17.7 Å². The van der Waals surface area contributed by atoms with Crippen molar-refractivity contribution in [3.8, 4) is 5.75 Å². The van der Waals surface area contributed by atoms with Crippen LogP contribution in [0.3, 0.4) is 0 Å². The fourth-order valence-corrected chi connectivity index (χ4v) is 2.62. The number of anilines is 1. The second-order valence-corrected chi connectivity index (χ2v) is 5.54. The minimum atomic E-state index is -0.294. The predicted octanol–water partition coefficient (Wildman–Crippen LogP) is 3.54. The second kappa shape index (κ2) is 6.76. The van der Waals surface area contributed by atoms with E-state index in [9.17, 15) is 4.79 Å². The molecule has 5 nitrogen and oxygen atoms in total. The van der Waals surface area contributed by atoms with Gasteiger partial charge in [0.1, 0.15) is 11.3 Å². The van der Waals surface area contributed by atoms with Crippen LogP contribution in [0, 0.1) is 6.92 Å². The van der Waals surface area contributed by atoms with Gasteiger partial charge in [-0.3, -0.25) is 4.79 Å². The highest BCUT2D eigenvalue weighted by atomic mass is 16.5. The van der Waals surface area contributed by atoms with Crippen molar-refractivity contribution in [2.75, 3.05) is 19.0 Å². The second-order valence-electron chi connectivity index (χ2n) is 5.54. The van der Waals surface area contributed by atoms with Gasteiger partial charge in [-0.15, -0.1) is 0 Å².